The predicted molar refractivity (Wildman–Crippen MR) is 34.5 cm³/mol. The predicted octanol–water partition coefficient (Wildman–Crippen LogP) is 1.03. The molecule has 5 heteroatoms. The van der Waals surface area contributed by atoms with Crippen LogP contribution in [0.2, 0.25) is 0 Å². The third-order valence-electron chi connectivity index (χ3n) is 1.34. The highest BCUT2D eigenvalue weighted by Gasteiger charge is 2.09. The van der Waals surface area contributed by atoms with Crippen LogP contribution < -0.4 is 0 Å². The topological polar surface area (TPSA) is 65.0 Å². The Morgan fingerprint density at radius 1 is 1.45 bits per heavy atom. The normalized spacial score (nSPS) is 10.3. The fourth-order valence-electron chi connectivity index (χ4n) is 0.794. The molecule has 0 amide bonds. The molecule has 0 atom stereocenters. The molecule has 0 saturated carbocycles. The van der Waals surface area contributed by atoms with Gasteiger partial charge >= 0.3 is 0 Å². The van der Waals surface area contributed by atoms with E-state index in [0.29, 0.717) is 11.7 Å². The van der Waals surface area contributed by atoms with Crippen molar-refractivity contribution in [2.75, 3.05) is 0 Å². The number of aromatic nitrogens is 3. The van der Waals surface area contributed by atoms with E-state index in [4.69, 9.17) is 8.94 Å². The van der Waals surface area contributed by atoms with Crippen molar-refractivity contribution in [2.45, 2.75) is 6.92 Å². The van der Waals surface area contributed by atoms with Gasteiger partial charge in [0.25, 0.3) is 5.89 Å². The summed E-state index contributed by atoms with van der Waals surface area (Å²) in [6.45, 7) is 1.78. The van der Waals surface area contributed by atoms with E-state index in [-0.39, 0.29) is 0 Å². The molecule has 2 heterocycles. The van der Waals surface area contributed by atoms with Gasteiger partial charge in [0.2, 0.25) is 6.39 Å². The second kappa shape index (κ2) is 2.19. The lowest BCUT2D eigenvalue weighted by molar-refractivity contribution is 0.397. The zero-order valence-electron chi connectivity index (χ0n) is 5.81. The van der Waals surface area contributed by atoms with Crippen LogP contribution in [-0.2, 0) is 0 Å². The minimum atomic E-state index is 0.434. The van der Waals surface area contributed by atoms with E-state index in [1.807, 2.05) is 0 Å². The number of aryl methyl sites for hydroxylation is 1. The monoisotopic (exact) mass is 151 g/mol. The number of rotatable bonds is 1. The fraction of sp³-hybridized carbons (Fsp3) is 0.167. The Labute approximate surface area is 62.0 Å². The molecule has 0 radical (unpaired) electrons. The Morgan fingerprint density at radius 3 is 2.91 bits per heavy atom. The maximum absolute atomic E-state index is 4.94. The highest BCUT2D eigenvalue weighted by Crippen LogP contribution is 2.19. The van der Waals surface area contributed by atoms with Gasteiger partial charge in [-0.3, -0.25) is 0 Å². The zero-order valence-corrected chi connectivity index (χ0v) is 5.81. The van der Waals surface area contributed by atoms with Gasteiger partial charge < -0.3 is 8.94 Å². The molecular formula is C6H5N3O2. The van der Waals surface area contributed by atoms with Gasteiger partial charge in [-0.25, -0.2) is 0 Å². The summed E-state index contributed by atoms with van der Waals surface area (Å²) in [5, 5.41) is 10.8. The van der Waals surface area contributed by atoms with Crippen molar-refractivity contribution in [3.63, 3.8) is 0 Å². The number of hydrogen-bond acceptors (Lipinski definition) is 5. The van der Waals surface area contributed by atoms with Gasteiger partial charge in [-0.15, -0.1) is 10.2 Å². The average molecular weight is 151 g/mol. The van der Waals surface area contributed by atoms with Gasteiger partial charge in [0.15, 0.2) is 0 Å². The number of hydrogen-bond donors (Lipinski definition) is 0. The first-order chi connectivity index (χ1) is 5.38. The molecule has 0 fully saturated rings. The summed E-state index contributed by atoms with van der Waals surface area (Å²) in [7, 11) is 0. The SMILES string of the molecule is Cc1oncc1-c1nnco1. The Balaban J connectivity index is 2.53. The first-order valence-electron chi connectivity index (χ1n) is 3.06. The van der Waals surface area contributed by atoms with Crippen molar-refractivity contribution in [3.8, 4) is 11.5 Å². The highest BCUT2D eigenvalue weighted by atomic mass is 16.5. The molecule has 0 unspecified atom stereocenters. The van der Waals surface area contributed by atoms with Crippen LogP contribution in [0.5, 0.6) is 0 Å². The minimum Gasteiger partial charge on any atom is -0.423 e. The van der Waals surface area contributed by atoms with E-state index in [2.05, 4.69) is 15.4 Å². The van der Waals surface area contributed by atoms with Crippen LogP contribution >= 0.6 is 0 Å². The molecule has 0 aliphatic heterocycles. The second-order valence-electron chi connectivity index (χ2n) is 2.04. The quantitative estimate of drug-likeness (QED) is 0.609. The van der Waals surface area contributed by atoms with Crippen LogP contribution in [0.25, 0.3) is 11.5 Å². The summed E-state index contributed by atoms with van der Waals surface area (Å²) < 4.78 is 9.75. The summed E-state index contributed by atoms with van der Waals surface area (Å²) >= 11 is 0. The summed E-state index contributed by atoms with van der Waals surface area (Å²) in [4.78, 5) is 0. The van der Waals surface area contributed by atoms with Gasteiger partial charge in [0.05, 0.1) is 6.20 Å². The van der Waals surface area contributed by atoms with E-state index < -0.39 is 0 Å². The third-order valence-corrected chi connectivity index (χ3v) is 1.34. The van der Waals surface area contributed by atoms with Crippen molar-refractivity contribution in [2.24, 2.45) is 0 Å². The number of nitrogens with zero attached hydrogens (tertiary/aromatic N) is 3. The largest absolute Gasteiger partial charge is 0.423 e. The molecule has 0 N–H and O–H groups in total. The van der Waals surface area contributed by atoms with Crippen LogP contribution in [0.1, 0.15) is 5.76 Å². The molecule has 2 rings (SSSR count). The third kappa shape index (κ3) is 0.899. The van der Waals surface area contributed by atoms with E-state index in [1.165, 1.54) is 6.39 Å². The van der Waals surface area contributed by atoms with E-state index in [0.717, 1.165) is 5.56 Å². The van der Waals surface area contributed by atoms with Crippen LogP contribution in [-0.4, -0.2) is 15.4 Å². The molecule has 0 aromatic carbocycles. The maximum Gasteiger partial charge on any atom is 0.252 e. The first-order valence-corrected chi connectivity index (χ1v) is 3.06. The van der Waals surface area contributed by atoms with Gasteiger partial charge in [-0.05, 0) is 6.92 Å². The standard InChI is InChI=1S/C6H5N3O2/c1-4-5(2-8-11-4)6-9-7-3-10-6/h2-3H,1H3. The van der Waals surface area contributed by atoms with Crippen molar-refractivity contribution in [1.82, 2.24) is 15.4 Å². The lowest BCUT2D eigenvalue weighted by atomic mass is 10.3. The zero-order chi connectivity index (χ0) is 7.68. The van der Waals surface area contributed by atoms with Gasteiger partial charge in [0.1, 0.15) is 11.3 Å². The molecule has 0 bridgehead atoms. The second-order valence-corrected chi connectivity index (χ2v) is 2.04. The molecule has 0 aliphatic carbocycles. The molecular weight excluding hydrogens is 146 g/mol. The van der Waals surface area contributed by atoms with E-state index >= 15 is 0 Å². The highest BCUT2D eigenvalue weighted by molar-refractivity contribution is 5.52. The fourth-order valence-corrected chi connectivity index (χ4v) is 0.794. The summed E-state index contributed by atoms with van der Waals surface area (Å²) in [5.41, 5.74) is 0.738. The van der Waals surface area contributed by atoms with E-state index in [9.17, 15) is 0 Å². The van der Waals surface area contributed by atoms with Crippen molar-refractivity contribution in [3.05, 3.63) is 18.4 Å². The van der Waals surface area contributed by atoms with Crippen LogP contribution in [0.4, 0.5) is 0 Å². The molecule has 11 heavy (non-hydrogen) atoms. The molecule has 56 valence electrons. The maximum atomic E-state index is 4.94. The summed E-state index contributed by atoms with van der Waals surface area (Å²) in [6.07, 6.45) is 2.81. The Bertz CT molecular complexity index is 338. The van der Waals surface area contributed by atoms with Crippen LogP contribution in [0.15, 0.2) is 21.5 Å². The van der Waals surface area contributed by atoms with Crippen molar-refractivity contribution in [1.29, 1.82) is 0 Å². The molecule has 2 aromatic heterocycles. The van der Waals surface area contributed by atoms with Crippen LogP contribution in [0, 0.1) is 6.92 Å². The first kappa shape index (κ1) is 6.09. The van der Waals surface area contributed by atoms with Crippen LogP contribution in [0.3, 0.4) is 0 Å². The molecule has 0 aliphatic rings. The Morgan fingerprint density at radius 2 is 2.36 bits per heavy atom. The van der Waals surface area contributed by atoms with Crippen molar-refractivity contribution < 1.29 is 8.94 Å². The van der Waals surface area contributed by atoms with E-state index in [1.54, 1.807) is 13.1 Å². The molecule has 5 nitrogen and oxygen atoms in total. The van der Waals surface area contributed by atoms with Gasteiger partial charge in [-0.1, -0.05) is 5.16 Å². The lowest BCUT2D eigenvalue weighted by Crippen LogP contribution is -1.76. The van der Waals surface area contributed by atoms with Crippen molar-refractivity contribution >= 4 is 0 Å². The average Bonchev–Trinajstić information content (AvgIpc) is 2.55. The molecule has 0 saturated heterocycles. The van der Waals surface area contributed by atoms with Gasteiger partial charge in [0, 0.05) is 0 Å². The minimum absolute atomic E-state index is 0.434. The molecule has 2 aromatic rings. The lowest BCUT2D eigenvalue weighted by Gasteiger charge is -1.84. The molecule has 0 spiro atoms. The summed E-state index contributed by atoms with van der Waals surface area (Å²) in [6, 6.07) is 0. The Kier molecular flexibility index (Phi) is 1.21. The Hall–Kier alpha value is -1.65. The summed E-state index contributed by atoms with van der Waals surface area (Å²) in [5.74, 6) is 1.11. The van der Waals surface area contributed by atoms with Gasteiger partial charge in [-0.2, -0.15) is 0 Å². The smallest absolute Gasteiger partial charge is 0.252 e.